The van der Waals surface area contributed by atoms with Gasteiger partial charge in [-0.15, -0.1) is 0 Å². The number of hydrogen-bond acceptors (Lipinski definition) is 7. The van der Waals surface area contributed by atoms with Crippen LogP contribution in [0.15, 0.2) is 47.4 Å². The molecule has 0 atom stereocenters. The molecule has 132 valence electrons. The van der Waals surface area contributed by atoms with Crippen LogP contribution in [0.2, 0.25) is 0 Å². The molecule has 0 bridgehead atoms. The van der Waals surface area contributed by atoms with Gasteiger partial charge in [0.25, 0.3) is 0 Å². The van der Waals surface area contributed by atoms with Crippen molar-refractivity contribution in [2.24, 2.45) is 0 Å². The Kier molecular flexibility index (Phi) is 5.76. The average Bonchev–Trinajstić information content (AvgIpc) is 3.16. The van der Waals surface area contributed by atoms with Crippen LogP contribution in [-0.4, -0.2) is 31.3 Å². The molecule has 0 amide bonds. The highest BCUT2D eigenvalue weighted by Crippen LogP contribution is 2.27. The van der Waals surface area contributed by atoms with Crippen molar-refractivity contribution in [3.63, 3.8) is 0 Å². The molecule has 8 nitrogen and oxygen atoms in total. The minimum absolute atomic E-state index is 0.461. The van der Waals surface area contributed by atoms with Crippen LogP contribution in [0.3, 0.4) is 0 Å². The first-order valence-corrected chi connectivity index (χ1v) is 8.82. The Labute approximate surface area is 159 Å². The SMILES string of the molecule is Cc1cnc(NCCCn2cncn2)nc1C(C#N)=C1NC=CC=C1Br. The predicted molar refractivity (Wildman–Crippen MR) is 102 cm³/mol. The molecule has 0 aliphatic carbocycles. The molecule has 3 rings (SSSR count). The second-order valence-corrected chi connectivity index (χ2v) is 6.40. The van der Waals surface area contributed by atoms with E-state index in [9.17, 15) is 5.26 Å². The Morgan fingerprint density at radius 3 is 3.08 bits per heavy atom. The summed E-state index contributed by atoms with van der Waals surface area (Å²) in [5.74, 6) is 0.490. The summed E-state index contributed by atoms with van der Waals surface area (Å²) in [4.78, 5) is 12.8. The van der Waals surface area contributed by atoms with Gasteiger partial charge in [-0.05, 0) is 47.0 Å². The van der Waals surface area contributed by atoms with Crippen molar-refractivity contribution in [3.05, 3.63) is 58.6 Å². The molecule has 2 aromatic heterocycles. The third-order valence-electron chi connectivity index (χ3n) is 3.69. The number of anilines is 1. The van der Waals surface area contributed by atoms with E-state index in [-0.39, 0.29) is 0 Å². The number of rotatable bonds is 6. The fraction of sp³-hybridized carbons (Fsp3) is 0.235. The zero-order valence-corrected chi connectivity index (χ0v) is 15.7. The Hall–Kier alpha value is -2.99. The Balaban J connectivity index is 1.75. The monoisotopic (exact) mass is 412 g/mol. The second-order valence-electron chi connectivity index (χ2n) is 5.54. The van der Waals surface area contributed by atoms with Crippen molar-refractivity contribution in [2.45, 2.75) is 19.9 Å². The van der Waals surface area contributed by atoms with Crippen molar-refractivity contribution in [2.75, 3.05) is 11.9 Å². The molecule has 0 spiro atoms. The number of dihydropyridines is 1. The van der Waals surface area contributed by atoms with Gasteiger partial charge in [0.2, 0.25) is 5.95 Å². The maximum absolute atomic E-state index is 9.67. The summed E-state index contributed by atoms with van der Waals surface area (Å²) in [6, 6.07) is 2.25. The molecule has 0 unspecified atom stereocenters. The van der Waals surface area contributed by atoms with Crippen LogP contribution in [-0.2, 0) is 6.54 Å². The fourth-order valence-electron chi connectivity index (χ4n) is 2.40. The Morgan fingerprint density at radius 2 is 2.35 bits per heavy atom. The molecule has 3 heterocycles. The number of aryl methyl sites for hydroxylation is 2. The van der Waals surface area contributed by atoms with Gasteiger partial charge in [-0.25, -0.2) is 15.0 Å². The van der Waals surface area contributed by atoms with E-state index in [1.54, 1.807) is 23.4 Å². The maximum Gasteiger partial charge on any atom is 0.223 e. The number of nitrogens with zero attached hydrogens (tertiary/aromatic N) is 6. The first-order chi connectivity index (χ1) is 12.7. The van der Waals surface area contributed by atoms with Gasteiger partial charge in [-0.1, -0.05) is 0 Å². The van der Waals surface area contributed by atoms with Crippen molar-refractivity contribution in [3.8, 4) is 6.07 Å². The van der Waals surface area contributed by atoms with E-state index in [1.807, 2.05) is 19.1 Å². The van der Waals surface area contributed by atoms with Crippen LogP contribution in [0.4, 0.5) is 5.95 Å². The summed E-state index contributed by atoms with van der Waals surface area (Å²) in [7, 11) is 0. The quantitative estimate of drug-likeness (QED) is 0.554. The van der Waals surface area contributed by atoms with Gasteiger partial charge in [-0.2, -0.15) is 10.4 Å². The normalized spacial score (nSPS) is 15.0. The van der Waals surface area contributed by atoms with E-state index >= 15 is 0 Å². The number of nitriles is 1. The van der Waals surface area contributed by atoms with E-state index in [4.69, 9.17) is 0 Å². The molecule has 26 heavy (non-hydrogen) atoms. The van der Waals surface area contributed by atoms with E-state index in [2.05, 4.69) is 52.7 Å². The Morgan fingerprint density at radius 1 is 1.46 bits per heavy atom. The maximum atomic E-state index is 9.67. The van der Waals surface area contributed by atoms with Crippen LogP contribution < -0.4 is 10.6 Å². The number of halogens is 1. The van der Waals surface area contributed by atoms with Crippen molar-refractivity contribution in [1.82, 2.24) is 30.0 Å². The van der Waals surface area contributed by atoms with Crippen LogP contribution in [0.5, 0.6) is 0 Å². The molecule has 0 fully saturated rings. The van der Waals surface area contributed by atoms with Gasteiger partial charge in [0.1, 0.15) is 24.3 Å². The van der Waals surface area contributed by atoms with E-state index in [0.717, 1.165) is 23.0 Å². The molecular weight excluding hydrogens is 396 g/mol. The third-order valence-corrected chi connectivity index (χ3v) is 4.35. The number of hydrogen-bond donors (Lipinski definition) is 2. The van der Waals surface area contributed by atoms with Gasteiger partial charge in [0, 0.05) is 30.0 Å². The van der Waals surface area contributed by atoms with Gasteiger partial charge in [0.05, 0.1) is 11.4 Å². The van der Waals surface area contributed by atoms with Crippen molar-refractivity contribution < 1.29 is 0 Å². The highest BCUT2D eigenvalue weighted by Gasteiger charge is 2.17. The molecule has 0 saturated heterocycles. The zero-order chi connectivity index (χ0) is 18.4. The van der Waals surface area contributed by atoms with Gasteiger partial charge in [0.15, 0.2) is 0 Å². The Bertz CT molecular complexity index is 905. The first kappa shape index (κ1) is 17.8. The van der Waals surface area contributed by atoms with Gasteiger partial charge < -0.3 is 10.6 Å². The lowest BCUT2D eigenvalue weighted by Gasteiger charge is -2.14. The van der Waals surface area contributed by atoms with Crippen molar-refractivity contribution in [1.29, 1.82) is 5.26 Å². The largest absolute Gasteiger partial charge is 0.360 e. The van der Waals surface area contributed by atoms with Gasteiger partial charge in [-0.3, -0.25) is 4.68 Å². The smallest absolute Gasteiger partial charge is 0.223 e. The first-order valence-electron chi connectivity index (χ1n) is 8.03. The predicted octanol–water partition coefficient (Wildman–Crippen LogP) is 2.51. The van der Waals surface area contributed by atoms with Gasteiger partial charge >= 0.3 is 0 Å². The summed E-state index contributed by atoms with van der Waals surface area (Å²) in [5.41, 5.74) is 2.58. The minimum Gasteiger partial charge on any atom is -0.360 e. The molecular formula is C17H17BrN8. The molecule has 1 aliphatic rings. The molecule has 2 aromatic rings. The van der Waals surface area contributed by atoms with E-state index < -0.39 is 0 Å². The standard InChI is InChI=1S/C17H17BrN8/c1-12-9-23-17(22-6-3-7-26-11-20-10-24-26)25-15(12)13(8-19)16-14(18)4-2-5-21-16/h2,4-5,9-11,21H,3,6-7H2,1H3,(H,22,23,25). The second kappa shape index (κ2) is 8.40. The number of nitrogens with one attached hydrogen (secondary N) is 2. The number of allylic oxidation sites excluding steroid dienone is 4. The topological polar surface area (TPSA) is 104 Å². The average molecular weight is 413 g/mol. The highest BCUT2D eigenvalue weighted by atomic mass is 79.9. The zero-order valence-electron chi connectivity index (χ0n) is 14.1. The summed E-state index contributed by atoms with van der Waals surface area (Å²) < 4.78 is 2.57. The molecule has 2 N–H and O–H groups in total. The molecule has 0 aromatic carbocycles. The lowest BCUT2D eigenvalue weighted by atomic mass is 10.1. The lowest BCUT2D eigenvalue weighted by molar-refractivity contribution is 0.589. The van der Waals surface area contributed by atoms with E-state index in [1.165, 1.54) is 6.33 Å². The summed E-state index contributed by atoms with van der Waals surface area (Å²) in [6.07, 6.45) is 11.3. The minimum atomic E-state index is 0.461. The molecule has 1 aliphatic heterocycles. The molecule has 0 saturated carbocycles. The summed E-state index contributed by atoms with van der Waals surface area (Å²) in [5, 5.41) is 20.0. The molecule has 9 heteroatoms. The molecule has 0 radical (unpaired) electrons. The summed E-state index contributed by atoms with van der Waals surface area (Å²) in [6.45, 7) is 3.33. The van der Waals surface area contributed by atoms with Crippen molar-refractivity contribution >= 4 is 27.5 Å². The van der Waals surface area contributed by atoms with Crippen LogP contribution in [0.1, 0.15) is 17.7 Å². The fourth-order valence-corrected chi connectivity index (χ4v) is 2.87. The third kappa shape index (κ3) is 4.15. The lowest BCUT2D eigenvalue weighted by Crippen LogP contribution is -2.13. The van der Waals surface area contributed by atoms with E-state index in [0.29, 0.717) is 29.5 Å². The van der Waals surface area contributed by atoms with Crippen LogP contribution in [0.25, 0.3) is 5.57 Å². The van der Waals surface area contributed by atoms with Crippen LogP contribution in [0, 0.1) is 18.3 Å². The highest BCUT2D eigenvalue weighted by molar-refractivity contribution is 9.12. The summed E-state index contributed by atoms with van der Waals surface area (Å²) >= 11 is 3.47. The number of aromatic nitrogens is 5. The van der Waals surface area contributed by atoms with Crippen LogP contribution >= 0.6 is 15.9 Å².